The fraction of sp³-hybridized carbons (Fsp3) is 0.273. The van der Waals surface area contributed by atoms with Crippen LogP contribution in [0.15, 0.2) is 54.7 Å². The fourth-order valence-electron chi connectivity index (χ4n) is 3.45. The van der Waals surface area contributed by atoms with Crippen LogP contribution in [0.3, 0.4) is 0 Å². The lowest BCUT2D eigenvalue weighted by Crippen LogP contribution is -2.34. The molecule has 7 heteroatoms. The second kappa shape index (κ2) is 8.69. The molecular weight excluding hydrogens is 392 g/mol. The molecule has 29 heavy (non-hydrogen) atoms. The third-order valence-electron chi connectivity index (χ3n) is 5.01. The van der Waals surface area contributed by atoms with Crippen LogP contribution in [0.2, 0.25) is 0 Å². The summed E-state index contributed by atoms with van der Waals surface area (Å²) in [7, 11) is 0. The van der Waals surface area contributed by atoms with Gasteiger partial charge in [0.05, 0.1) is 11.2 Å². The minimum atomic E-state index is -0.264. The van der Waals surface area contributed by atoms with Gasteiger partial charge in [0.25, 0.3) is 5.91 Å². The largest absolute Gasteiger partial charge is 0.370 e. The molecule has 150 valence electrons. The van der Waals surface area contributed by atoms with Crippen molar-refractivity contribution in [1.29, 1.82) is 0 Å². The molecule has 0 N–H and O–H groups in total. The molecule has 0 bridgehead atoms. The van der Waals surface area contributed by atoms with Crippen molar-refractivity contribution in [2.75, 3.05) is 31.1 Å². The summed E-state index contributed by atoms with van der Waals surface area (Å²) in [5.74, 6) is -0.518. The minimum Gasteiger partial charge on any atom is -0.370 e. The zero-order valence-electron chi connectivity index (χ0n) is 15.9. The number of hydrogen-bond acceptors (Lipinski definition) is 4. The van der Waals surface area contributed by atoms with Crippen LogP contribution in [0.5, 0.6) is 0 Å². The molecule has 0 aliphatic carbocycles. The second-order valence-corrected chi connectivity index (χ2v) is 8.15. The lowest BCUT2D eigenvalue weighted by Gasteiger charge is -2.23. The zero-order valence-corrected chi connectivity index (χ0v) is 16.7. The van der Waals surface area contributed by atoms with E-state index in [1.165, 1.54) is 35.6 Å². The molecule has 0 unspecified atom stereocenters. The van der Waals surface area contributed by atoms with Gasteiger partial charge in [-0.05, 0) is 48.4 Å². The summed E-state index contributed by atoms with van der Waals surface area (Å²) in [5.41, 5.74) is 1.93. The average molecular weight is 413 g/mol. The van der Waals surface area contributed by atoms with Crippen molar-refractivity contribution < 1.29 is 13.6 Å². The highest BCUT2D eigenvalue weighted by Gasteiger charge is 2.22. The summed E-state index contributed by atoms with van der Waals surface area (Å²) in [6.45, 7) is 2.83. The summed E-state index contributed by atoms with van der Waals surface area (Å²) in [6, 6.07) is 12.8. The molecule has 3 aromatic rings. The number of aromatic nitrogens is 1. The quantitative estimate of drug-likeness (QED) is 0.638. The molecule has 1 aliphatic rings. The van der Waals surface area contributed by atoms with Crippen molar-refractivity contribution in [3.8, 4) is 0 Å². The number of carbonyl (C=O) groups is 1. The van der Waals surface area contributed by atoms with E-state index in [1.807, 2.05) is 4.90 Å². The highest BCUT2D eigenvalue weighted by atomic mass is 32.1. The number of nitrogens with zero attached hydrogens (tertiary/aromatic N) is 3. The molecule has 4 rings (SSSR count). The van der Waals surface area contributed by atoms with E-state index < -0.39 is 0 Å². The summed E-state index contributed by atoms with van der Waals surface area (Å²) in [6.07, 6.45) is 3.06. The predicted octanol–water partition coefficient (Wildman–Crippen LogP) is 4.36. The lowest BCUT2D eigenvalue weighted by molar-refractivity contribution is 0.0771. The molecule has 0 radical (unpaired) electrons. The Morgan fingerprint density at radius 3 is 2.34 bits per heavy atom. The first kappa shape index (κ1) is 19.5. The molecule has 2 aromatic carbocycles. The van der Waals surface area contributed by atoms with Crippen molar-refractivity contribution in [3.63, 3.8) is 0 Å². The molecule has 4 nitrogen and oxygen atoms in total. The number of hydrogen-bond donors (Lipinski definition) is 0. The van der Waals surface area contributed by atoms with Crippen LogP contribution < -0.4 is 4.90 Å². The number of thiazole rings is 1. The van der Waals surface area contributed by atoms with Crippen molar-refractivity contribution >= 4 is 22.9 Å². The van der Waals surface area contributed by atoms with Gasteiger partial charge in [-0.15, -0.1) is 11.3 Å². The molecule has 0 atom stereocenters. The standard InChI is InChI=1S/C22H21F2N3OS/c23-17-4-2-16(3-5-17)14-21-25-15-20(29-21)22(28)27-11-1-10-26(12-13-27)19-8-6-18(24)7-9-19/h2-9,15H,1,10-14H2. The van der Waals surface area contributed by atoms with E-state index in [9.17, 15) is 13.6 Å². The van der Waals surface area contributed by atoms with Gasteiger partial charge in [-0.3, -0.25) is 4.79 Å². The van der Waals surface area contributed by atoms with Crippen molar-refractivity contribution in [3.05, 3.63) is 81.8 Å². The fourth-order valence-corrected chi connectivity index (χ4v) is 4.37. The number of halogens is 2. The van der Waals surface area contributed by atoms with E-state index in [2.05, 4.69) is 9.88 Å². The maximum absolute atomic E-state index is 13.2. The van der Waals surface area contributed by atoms with Crippen LogP contribution in [0.25, 0.3) is 0 Å². The summed E-state index contributed by atoms with van der Waals surface area (Å²) in [5, 5.41) is 0.836. The number of amides is 1. The van der Waals surface area contributed by atoms with Crippen LogP contribution >= 0.6 is 11.3 Å². The van der Waals surface area contributed by atoms with Gasteiger partial charge < -0.3 is 9.80 Å². The molecule has 1 aliphatic heterocycles. The number of benzene rings is 2. The summed E-state index contributed by atoms with van der Waals surface area (Å²) < 4.78 is 26.2. The topological polar surface area (TPSA) is 36.4 Å². The Bertz CT molecular complexity index is 972. The van der Waals surface area contributed by atoms with Crippen LogP contribution in [0.4, 0.5) is 14.5 Å². The molecule has 1 aromatic heterocycles. The monoisotopic (exact) mass is 413 g/mol. The van der Waals surface area contributed by atoms with Gasteiger partial charge >= 0.3 is 0 Å². The first-order valence-corrected chi connectivity index (χ1v) is 10.4. The van der Waals surface area contributed by atoms with Gasteiger partial charge in [0.2, 0.25) is 0 Å². The van der Waals surface area contributed by atoms with Gasteiger partial charge in [-0.25, -0.2) is 13.8 Å². The Morgan fingerprint density at radius 1 is 0.931 bits per heavy atom. The van der Waals surface area contributed by atoms with Crippen molar-refractivity contribution in [2.24, 2.45) is 0 Å². The summed E-state index contributed by atoms with van der Waals surface area (Å²) >= 11 is 1.39. The Hall–Kier alpha value is -2.80. The van der Waals surface area contributed by atoms with Gasteiger partial charge in [-0.2, -0.15) is 0 Å². The van der Waals surface area contributed by atoms with Gasteiger partial charge in [0, 0.05) is 38.3 Å². The molecular formula is C22H21F2N3OS. The first-order valence-electron chi connectivity index (χ1n) is 9.57. The predicted molar refractivity (Wildman–Crippen MR) is 110 cm³/mol. The van der Waals surface area contributed by atoms with E-state index >= 15 is 0 Å². The highest BCUT2D eigenvalue weighted by Crippen LogP contribution is 2.21. The second-order valence-electron chi connectivity index (χ2n) is 7.03. The highest BCUT2D eigenvalue weighted by molar-refractivity contribution is 7.13. The van der Waals surface area contributed by atoms with Crippen molar-refractivity contribution in [2.45, 2.75) is 12.8 Å². The molecule has 1 fully saturated rings. The maximum atomic E-state index is 13.2. The van der Waals surface area contributed by atoms with E-state index in [0.29, 0.717) is 30.9 Å². The third kappa shape index (κ3) is 4.79. The smallest absolute Gasteiger partial charge is 0.265 e. The van der Waals surface area contributed by atoms with Crippen molar-refractivity contribution in [1.82, 2.24) is 9.88 Å². The van der Waals surface area contributed by atoms with E-state index in [4.69, 9.17) is 0 Å². The zero-order chi connectivity index (χ0) is 20.2. The first-order chi connectivity index (χ1) is 14.1. The Balaban J connectivity index is 1.38. The SMILES string of the molecule is O=C(c1cnc(Cc2ccc(F)cc2)s1)N1CCCN(c2ccc(F)cc2)CC1. The molecule has 0 saturated carbocycles. The molecule has 1 saturated heterocycles. The van der Waals surface area contributed by atoms with Crippen LogP contribution in [0.1, 0.15) is 26.7 Å². The Kier molecular flexibility index (Phi) is 5.85. The van der Waals surface area contributed by atoms with Crippen LogP contribution in [-0.4, -0.2) is 42.0 Å². The number of rotatable bonds is 4. The minimum absolute atomic E-state index is 0.00573. The van der Waals surface area contributed by atoms with Gasteiger partial charge in [0.15, 0.2) is 0 Å². The van der Waals surface area contributed by atoms with E-state index in [-0.39, 0.29) is 17.5 Å². The van der Waals surface area contributed by atoms with Crippen LogP contribution in [0, 0.1) is 11.6 Å². The number of anilines is 1. The maximum Gasteiger partial charge on any atom is 0.265 e. The van der Waals surface area contributed by atoms with Gasteiger partial charge in [-0.1, -0.05) is 12.1 Å². The van der Waals surface area contributed by atoms with Crippen LogP contribution in [-0.2, 0) is 6.42 Å². The molecule has 0 spiro atoms. The Morgan fingerprint density at radius 2 is 1.62 bits per heavy atom. The Labute approximate surface area is 172 Å². The third-order valence-corrected chi connectivity index (χ3v) is 5.99. The lowest BCUT2D eigenvalue weighted by atomic mass is 10.2. The van der Waals surface area contributed by atoms with E-state index in [1.54, 1.807) is 30.5 Å². The summed E-state index contributed by atoms with van der Waals surface area (Å²) in [4.78, 5) is 22.0. The van der Waals surface area contributed by atoms with Gasteiger partial charge in [0.1, 0.15) is 16.5 Å². The normalized spacial score (nSPS) is 14.7. The van der Waals surface area contributed by atoms with E-state index in [0.717, 1.165) is 29.2 Å². The molecule has 2 heterocycles. The molecule has 1 amide bonds. The average Bonchev–Trinajstić information content (AvgIpc) is 3.05. The number of carbonyl (C=O) groups excluding carboxylic acids is 1.